The van der Waals surface area contributed by atoms with E-state index in [4.69, 9.17) is 0 Å². The van der Waals surface area contributed by atoms with Gasteiger partial charge in [-0.2, -0.15) is 0 Å². The Morgan fingerprint density at radius 2 is 1.14 bits per heavy atom. The fourth-order valence-electron chi connectivity index (χ4n) is 0.900. The molecule has 1 aromatic carbocycles. The highest BCUT2D eigenvalue weighted by atomic mass is 32.2. The topological polar surface area (TPSA) is 34.1 Å². The average molecular weight is 226 g/mol. The Labute approximate surface area is 88.3 Å². The van der Waals surface area contributed by atoms with E-state index in [9.17, 15) is 8.42 Å². The quantitative estimate of drug-likeness (QED) is 0.788. The Morgan fingerprint density at radius 1 is 0.857 bits per heavy atom. The third-order valence-corrected chi connectivity index (χ3v) is 3.67. The Morgan fingerprint density at radius 3 is 1.36 bits per heavy atom. The summed E-state index contributed by atoms with van der Waals surface area (Å²) in [5.74, 6) is 0. The zero-order valence-electron chi connectivity index (χ0n) is 7.51. The maximum absolute atomic E-state index is 11.3. The minimum absolute atomic E-state index is 0.657. The van der Waals surface area contributed by atoms with Crippen LogP contribution in [0.2, 0.25) is 0 Å². The van der Waals surface area contributed by atoms with Gasteiger partial charge in [0.05, 0.1) is 21.6 Å². The third-order valence-electron chi connectivity index (χ3n) is 1.59. The molecule has 0 saturated heterocycles. The molecule has 0 amide bonds. The molecule has 0 heterocycles. The Balaban J connectivity index is 2.99. The van der Waals surface area contributed by atoms with Crippen molar-refractivity contribution >= 4 is 21.6 Å². The molecule has 2 nitrogen and oxygen atoms in total. The first-order valence-corrected chi connectivity index (χ1v) is 6.28. The second-order valence-corrected chi connectivity index (χ2v) is 5.20. The summed E-state index contributed by atoms with van der Waals surface area (Å²) in [6.07, 6.45) is 0. The normalized spacial score (nSPS) is 14.3. The Bertz CT molecular complexity index is 354. The van der Waals surface area contributed by atoms with Crippen LogP contribution in [0.5, 0.6) is 0 Å². The van der Waals surface area contributed by atoms with Gasteiger partial charge in [-0.15, -0.1) is 0 Å². The minimum Gasteiger partial charge on any atom is -0.250 e. The van der Waals surface area contributed by atoms with E-state index in [1.807, 2.05) is 0 Å². The lowest BCUT2D eigenvalue weighted by Crippen LogP contribution is -1.89. The molecule has 14 heavy (non-hydrogen) atoms. The van der Waals surface area contributed by atoms with Crippen molar-refractivity contribution < 1.29 is 8.42 Å². The van der Waals surface area contributed by atoms with E-state index >= 15 is 0 Å². The first-order valence-electron chi connectivity index (χ1n) is 3.85. The molecule has 0 fully saturated rings. The van der Waals surface area contributed by atoms with Gasteiger partial charge >= 0.3 is 0 Å². The molecule has 0 aromatic heterocycles. The van der Waals surface area contributed by atoms with E-state index in [1.54, 1.807) is 24.3 Å². The van der Waals surface area contributed by atoms with Gasteiger partial charge in [0.15, 0.2) is 0 Å². The number of hydrogen-bond acceptors (Lipinski definition) is 2. The molecule has 74 valence electrons. The SMILES string of the molecule is C=CS(=O)c1ccc(S(=O)C=C)cc1. The second kappa shape index (κ2) is 5.02. The van der Waals surface area contributed by atoms with Gasteiger partial charge < -0.3 is 0 Å². The number of rotatable bonds is 4. The van der Waals surface area contributed by atoms with Gasteiger partial charge in [-0.05, 0) is 24.3 Å². The molecular formula is C10H10O2S2. The van der Waals surface area contributed by atoms with Gasteiger partial charge in [0, 0.05) is 20.6 Å². The lowest BCUT2D eigenvalue weighted by Gasteiger charge is -1.98. The highest BCUT2D eigenvalue weighted by molar-refractivity contribution is 7.88. The van der Waals surface area contributed by atoms with Crippen LogP contribution in [0, 0.1) is 0 Å². The molecule has 0 aliphatic heterocycles. The summed E-state index contributed by atoms with van der Waals surface area (Å²) < 4.78 is 22.5. The minimum atomic E-state index is -1.17. The van der Waals surface area contributed by atoms with E-state index in [-0.39, 0.29) is 0 Å². The molecule has 2 unspecified atom stereocenters. The van der Waals surface area contributed by atoms with Crippen LogP contribution in [0.4, 0.5) is 0 Å². The van der Waals surface area contributed by atoms with Crippen molar-refractivity contribution in [2.24, 2.45) is 0 Å². The van der Waals surface area contributed by atoms with Crippen molar-refractivity contribution in [3.63, 3.8) is 0 Å². The largest absolute Gasteiger partial charge is 0.250 e. The lowest BCUT2D eigenvalue weighted by molar-refractivity contribution is 0.686. The summed E-state index contributed by atoms with van der Waals surface area (Å²) >= 11 is 0. The van der Waals surface area contributed by atoms with Crippen molar-refractivity contribution in [3.05, 3.63) is 48.2 Å². The summed E-state index contributed by atoms with van der Waals surface area (Å²) in [4.78, 5) is 1.31. The first kappa shape index (κ1) is 11.1. The van der Waals surface area contributed by atoms with Crippen molar-refractivity contribution in [1.29, 1.82) is 0 Å². The summed E-state index contributed by atoms with van der Waals surface area (Å²) in [5, 5.41) is 2.72. The fourth-order valence-corrected chi connectivity index (χ4v) is 2.09. The van der Waals surface area contributed by atoms with Gasteiger partial charge in [-0.3, -0.25) is 0 Å². The highest BCUT2D eigenvalue weighted by Crippen LogP contribution is 2.12. The van der Waals surface area contributed by atoms with E-state index in [1.165, 1.54) is 10.8 Å². The van der Waals surface area contributed by atoms with Gasteiger partial charge in [0.25, 0.3) is 0 Å². The molecule has 1 rings (SSSR count). The van der Waals surface area contributed by atoms with Crippen LogP contribution in [-0.4, -0.2) is 8.42 Å². The molecule has 0 aliphatic rings. The Kier molecular flexibility index (Phi) is 3.98. The van der Waals surface area contributed by atoms with Gasteiger partial charge in [-0.25, -0.2) is 8.42 Å². The molecule has 0 bridgehead atoms. The molecule has 1 aromatic rings. The van der Waals surface area contributed by atoms with Crippen LogP contribution in [0.25, 0.3) is 0 Å². The summed E-state index contributed by atoms with van der Waals surface area (Å²) in [6.45, 7) is 6.87. The zero-order chi connectivity index (χ0) is 10.6. The van der Waals surface area contributed by atoms with Gasteiger partial charge in [-0.1, -0.05) is 13.2 Å². The molecular weight excluding hydrogens is 216 g/mol. The molecule has 0 N–H and O–H groups in total. The van der Waals surface area contributed by atoms with Crippen molar-refractivity contribution in [2.75, 3.05) is 0 Å². The molecule has 0 aliphatic carbocycles. The molecule has 0 saturated carbocycles. The maximum atomic E-state index is 11.3. The first-order chi connectivity index (χ1) is 6.69. The van der Waals surface area contributed by atoms with E-state index in [0.717, 1.165) is 0 Å². The monoisotopic (exact) mass is 226 g/mol. The van der Waals surface area contributed by atoms with Crippen molar-refractivity contribution in [3.8, 4) is 0 Å². The van der Waals surface area contributed by atoms with Crippen molar-refractivity contribution in [1.82, 2.24) is 0 Å². The summed E-state index contributed by atoms with van der Waals surface area (Å²) in [6, 6.07) is 6.70. The summed E-state index contributed by atoms with van der Waals surface area (Å²) in [5.41, 5.74) is 0. The fraction of sp³-hybridized carbons (Fsp3) is 0. The zero-order valence-corrected chi connectivity index (χ0v) is 9.14. The Hall–Kier alpha value is -1.00. The van der Waals surface area contributed by atoms with Crippen molar-refractivity contribution in [2.45, 2.75) is 9.79 Å². The van der Waals surface area contributed by atoms with Crippen LogP contribution in [0.1, 0.15) is 0 Å². The molecule has 4 heteroatoms. The van der Waals surface area contributed by atoms with Crippen LogP contribution in [0.3, 0.4) is 0 Å². The summed E-state index contributed by atoms with van der Waals surface area (Å²) in [7, 11) is -2.35. The van der Waals surface area contributed by atoms with Crippen LogP contribution >= 0.6 is 0 Å². The van der Waals surface area contributed by atoms with Crippen LogP contribution in [-0.2, 0) is 21.6 Å². The highest BCUT2D eigenvalue weighted by Gasteiger charge is 2.01. The third kappa shape index (κ3) is 2.49. The average Bonchev–Trinajstić information content (AvgIpc) is 2.27. The molecule has 0 spiro atoms. The van der Waals surface area contributed by atoms with Gasteiger partial charge in [0.2, 0.25) is 0 Å². The van der Waals surface area contributed by atoms with E-state index in [0.29, 0.717) is 9.79 Å². The van der Waals surface area contributed by atoms with Crippen LogP contribution < -0.4 is 0 Å². The maximum Gasteiger partial charge on any atom is 0.0769 e. The van der Waals surface area contributed by atoms with E-state index in [2.05, 4.69) is 13.2 Å². The smallest absolute Gasteiger partial charge is 0.0769 e. The van der Waals surface area contributed by atoms with E-state index < -0.39 is 21.6 Å². The molecule has 0 radical (unpaired) electrons. The van der Waals surface area contributed by atoms with Crippen LogP contribution in [0.15, 0.2) is 58.0 Å². The predicted molar refractivity (Wildman–Crippen MR) is 59.7 cm³/mol. The standard InChI is InChI=1S/C10H10O2S2/c1-3-13(11)9-5-7-10(8-6-9)14(12)4-2/h3-8H,1-2H2. The lowest BCUT2D eigenvalue weighted by atomic mass is 10.4. The molecule has 2 atom stereocenters. The predicted octanol–water partition coefficient (Wildman–Crippen LogP) is 2.19. The number of benzene rings is 1. The van der Waals surface area contributed by atoms with Gasteiger partial charge in [0.1, 0.15) is 0 Å². The second-order valence-electron chi connectivity index (χ2n) is 2.40. The number of hydrogen-bond donors (Lipinski definition) is 0.